The van der Waals surface area contributed by atoms with Crippen molar-refractivity contribution in [2.24, 2.45) is 0 Å². The number of aliphatic carboxylic acids is 2. The number of rotatable bonds is 4. The van der Waals surface area contributed by atoms with Crippen LogP contribution in [0.5, 0.6) is 5.75 Å². The number of ether oxygens (including phenoxy) is 1. The van der Waals surface area contributed by atoms with Crippen molar-refractivity contribution in [1.82, 2.24) is 9.80 Å². The zero-order valence-electron chi connectivity index (χ0n) is 18.9. The van der Waals surface area contributed by atoms with Crippen molar-refractivity contribution in [3.05, 3.63) is 64.7 Å². The predicted molar refractivity (Wildman–Crippen MR) is 129 cm³/mol. The molecule has 10 heteroatoms. The highest BCUT2D eigenvalue weighted by Crippen LogP contribution is 2.39. The van der Waals surface area contributed by atoms with Gasteiger partial charge < -0.3 is 19.8 Å². The van der Waals surface area contributed by atoms with Gasteiger partial charge in [0.25, 0.3) is 0 Å². The molecule has 0 bridgehead atoms. The molecule has 2 atom stereocenters. The van der Waals surface area contributed by atoms with E-state index < -0.39 is 22.7 Å². The Hall–Kier alpha value is -2.72. The fraction of sp³-hybridized carbons (Fsp3) is 0.333. The number of nitrogens with zero attached hydrogens (tertiary/aromatic N) is 2. The number of fused-ring (bicyclic) bond motifs is 2. The Morgan fingerprint density at radius 2 is 1.68 bits per heavy atom. The van der Waals surface area contributed by atoms with Gasteiger partial charge in [0.2, 0.25) is 0 Å². The second kappa shape index (κ2) is 11.6. The van der Waals surface area contributed by atoms with Crippen LogP contribution in [0.1, 0.15) is 17.2 Å². The minimum Gasteiger partial charge on any atom is -0.497 e. The fourth-order valence-corrected chi connectivity index (χ4v) is 5.62. The molecular weight excluding hydrogens is 480 g/mol. The van der Waals surface area contributed by atoms with Crippen LogP contribution in [-0.4, -0.2) is 76.5 Å². The first-order valence-corrected chi connectivity index (χ1v) is 12.2. The van der Waals surface area contributed by atoms with Crippen LogP contribution in [-0.2, 0) is 26.8 Å². The van der Waals surface area contributed by atoms with Crippen LogP contribution in [0.2, 0.25) is 5.02 Å². The van der Waals surface area contributed by atoms with E-state index in [2.05, 4.69) is 22.9 Å². The number of carboxylic acid groups (broad SMARTS) is 2. The van der Waals surface area contributed by atoms with Crippen LogP contribution < -0.4 is 4.74 Å². The summed E-state index contributed by atoms with van der Waals surface area (Å²) in [7, 11) is 2.56. The van der Waals surface area contributed by atoms with Crippen LogP contribution in [0.3, 0.4) is 0 Å². The van der Waals surface area contributed by atoms with Crippen molar-refractivity contribution in [1.29, 1.82) is 0 Å². The SMILES string of the molecule is COc1ccc2c(c1)S(=O)c1ccc(Cl)cc1C(N1CCN(C)CC1)C2.O=C(O)/C=C/C(=O)O. The fourth-order valence-electron chi connectivity index (χ4n) is 3.99. The molecular formula is C24H27ClN2O6S. The topological polar surface area (TPSA) is 107 Å². The summed E-state index contributed by atoms with van der Waals surface area (Å²) in [6.45, 7) is 4.10. The van der Waals surface area contributed by atoms with Crippen molar-refractivity contribution in [3.8, 4) is 5.75 Å². The first kappa shape index (κ1) is 25.9. The van der Waals surface area contributed by atoms with Crippen molar-refractivity contribution in [2.75, 3.05) is 40.3 Å². The number of methoxy groups -OCH3 is 1. The smallest absolute Gasteiger partial charge is 0.328 e. The Bertz CT molecular complexity index is 1100. The minimum absolute atomic E-state index is 0.191. The van der Waals surface area contributed by atoms with Gasteiger partial charge in [0.05, 0.1) is 22.8 Å². The summed E-state index contributed by atoms with van der Waals surface area (Å²) >= 11 is 6.32. The number of carbonyl (C=O) groups is 2. The molecule has 0 amide bonds. The van der Waals surface area contributed by atoms with E-state index in [9.17, 15) is 13.8 Å². The molecule has 2 N–H and O–H groups in total. The molecule has 0 aromatic heterocycles. The van der Waals surface area contributed by atoms with Gasteiger partial charge in [0, 0.05) is 54.3 Å². The summed E-state index contributed by atoms with van der Waals surface area (Å²) in [5, 5.41) is 16.3. The Morgan fingerprint density at radius 1 is 1.03 bits per heavy atom. The number of likely N-dealkylation sites (N-methyl/N-ethyl adjacent to an activating group) is 1. The summed E-state index contributed by atoms with van der Waals surface area (Å²) in [4.78, 5) is 25.7. The molecule has 0 aliphatic carbocycles. The van der Waals surface area contributed by atoms with Gasteiger partial charge in [0.1, 0.15) is 5.75 Å². The first-order chi connectivity index (χ1) is 16.2. The van der Waals surface area contributed by atoms with E-state index in [1.165, 1.54) is 0 Å². The number of hydrogen-bond acceptors (Lipinski definition) is 6. The molecule has 0 saturated carbocycles. The molecule has 8 nitrogen and oxygen atoms in total. The average molecular weight is 507 g/mol. The third-order valence-corrected chi connectivity index (χ3v) is 7.55. The third kappa shape index (κ3) is 6.44. The molecule has 1 saturated heterocycles. The number of hydrogen-bond donors (Lipinski definition) is 2. The van der Waals surface area contributed by atoms with Crippen LogP contribution in [0.15, 0.2) is 58.3 Å². The molecule has 2 heterocycles. The lowest BCUT2D eigenvalue weighted by atomic mass is 9.96. The summed E-state index contributed by atoms with van der Waals surface area (Å²) in [6.07, 6.45) is 1.95. The van der Waals surface area contributed by atoms with Gasteiger partial charge in [-0.2, -0.15) is 0 Å². The number of piperazine rings is 1. The molecule has 34 heavy (non-hydrogen) atoms. The average Bonchev–Trinajstić information content (AvgIpc) is 2.93. The Labute approximate surface area is 205 Å². The Morgan fingerprint density at radius 3 is 2.26 bits per heavy atom. The standard InChI is InChI=1S/C20H23ClN2O2S.C4H4O4/c1-22-7-9-23(10-8-22)18-11-14-3-5-16(25-2)13-20(14)26(24)19-6-4-15(21)12-17(18)19;5-3(6)1-2-4(7)8/h3-6,12-13,18H,7-11H2,1-2H3;1-2H,(H,5,6)(H,7,8)/b;2-1+. The highest BCUT2D eigenvalue weighted by atomic mass is 35.5. The molecule has 182 valence electrons. The van der Waals surface area contributed by atoms with Crippen molar-refractivity contribution >= 4 is 34.3 Å². The van der Waals surface area contributed by atoms with E-state index in [0.29, 0.717) is 17.2 Å². The maximum Gasteiger partial charge on any atom is 0.328 e. The molecule has 0 spiro atoms. The quantitative estimate of drug-likeness (QED) is 0.609. The lowest BCUT2D eigenvalue weighted by molar-refractivity contribution is -0.134. The number of halogens is 1. The Kier molecular flexibility index (Phi) is 8.84. The van der Waals surface area contributed by atoms with E-state index in [-0.39, 0.29) is 6.04 Å². The van der Waals surface area contributed by atoms with Gasteiger partial charge in [-0.15, -0.1) is 0 Å². The van der Waals surface area contributed by atoms with E-state index in [4.69, 9.17) is 26.6 Å². The lowest BCUT2D eigenvalue weighted by Gasteiger charge is -2.38. The van der Waals surface area contributed by atoms with E-state index in [1.54, 1.807) is 7.11 Å². The lowest BCUT2D eigenvalue weighted by Crippen LogP contribution is -2.46. The van der Waals surface area contributed by atoms with Crippen LogP contribution in [0, 0.1) is 0 Å². The highest BCUT2D eigenvalue weighted by Gasteiger charge is 2.32. The van der Waals surface area contributed by atoms with E-state index in [1.807, 2.05) is 30.3 Å². The molecule has 2 aromatic carbocycles. The number of benzene rings is 2. The summed E-state index contributed by atoms with van der Waals surface area (Å²) in [5.41, 5.74) is 2.22. The maximum atomic E-state index is 13.4. The van der Waals surface area contributed by atoms with Gasteiger partial charge in [0.15, 0.2) is 0 Å². The van der Waals surface area contributed by atoms with Crippen molar-refractivity contribution in [3.63, 3.8) is 0 Å². The van der Waals surface area contributed by atoms with Crippen LogP contribution >= 0.6 is 11.6 Å². The van der Waals surface area contributed by atoms with Gasteiger partial charge in [-0.1, -0.05) is 17.7 Å². The normalized spacial score (nSPS) is 20.4. The zero-order valence-corrected chi connectivity index (χ0v) is 20.5. The summed E-state index contributed by atoms with van der Waals surface area (Å²) < 4.78 is 18.7. The highest BCUT2D eigenvalue weighted by molar-refractivity contribution is 7.85. The molecule has 1 fully saturated rings. The molecule has 2 aliphatic heterocycles. The van der Waals surface area contributed by atoms with Crippen LogP contribution in [0.25, 0.3) is 0 Å². The molecule has 2 aromatic rings. The summed E-state index contributed by atoms with van der Waals surface area (Å²) in [5.74, 6) is -1.77. The van der Waals surface area contributed by atoms with Gasteiger partial charge >= 0.3 is 11.9 Å². The van der Waals surface area contributed by atoms with E-state index in [0.717, 1.165) is 59.3 Å². The van der Waals surface area contributed by atoms with Gasteiger partial charge in [-0.3, -0.25) is 4.90 Å². The van der Waals surface area contributed by atoms with Crippen molar-refractivity contribution in [2.45, 2.75) is 22.3 Å². The second-order valence-corrected chi connectivity index (χ2v) is 9.85. The molecule has 0 radical (unpaired) electrons. The Balaban J connectivity index is 0.000000350. The monoisotopic (exact) mass is 506 g/mol. The van der Waals surface area contributed by atoms with Gasteiger partial charge in [-0.25, -0.2) is 13.8 Å². The maximum absolute atomic E-state index is 13.4. The minimum atomic E-state index is -1.26. The predicted octanol–water partition coefficient (Wildman–Crippen LogP) is 3.07. The van der Waals surface area contributed by atoms with E-state index >= 15 is 0 Å². The first-order valence-electron chi connectivity index (χ1n) is 10.6. The molecule has 2 unspecified atom stereocenters. The summed E-state index contributed by atoms with van der Waals surface area (Å²) in [6, 6.07) is 11.9. The molecule has 4 rings (SSSR count). The van der Waals surface area contributed by atoms with Gasteiger partial charge in [-0.05, 0) is 54.9 Å². The van der Waals surface area contributed by atoms with Crippen LogP contribution in [0.4, 0.5) is 0 Å². The largest absolute Gasteiger partial charge is 0.497 e. The second-order valence-electron chi connectivity index (χ2n) is 7.99. The van der Waals surface area contributed by atoms with Crippen molar-refractivity contribution < 1.29 is 28.7 Å². The number of carboxylic acids is 2. The third-order valence-electron chi connectivity index (χ3n) is 5.77. The molecule has 2 aliphatic rings. The zero-order chi connectivity index (χ0) is 24.8.